The monoisotopic (exact) mass is 331 g/mol. The van der Waals surface area contributed by atoms with Gasteiger partial charge < -0.3 is 5.11 Å². The molecule has 1 saturated carbocycles. The number of carboxylic acid groups (broad SMARTS) is 1. The van der Waals surface area contributed by atoms with Crippen molar-refractivity contribution in [3.63, 3.8) is 0 Å². The fourth-order valence-electron chi connectivity index (χ4n) is 2.37. The third kappa shape index (κ3) is 2.48. The second kappa shape index (κ2) is 5.02. The molecule has 20 heavy (non-hydrogen) atoms. The number of nitrogens with zero attached hydrogens (tertiary/aromatic N) is 1. The zero-order chi connectivity index (χ0) is 14.3. The highest BCUT2D eigenvalue weighted by atomic mass is 79.9. The highest BCUT2D eigenvalue weighted by molar-refractivity contribution is 9.10. The molecule has 1 aromatic heterocycles. The summed E-state index contributed by atoms with van der Waals surface area (Å²) in [6.45, 7) is 1.91. The van der Waals surface area contributed by atoms with Crippen molar-refractivity contribution in [2.75, 3.05) is 0 Å². The molecule has 0 atom stereocenters. The third-order valence-electron chi connectivity index (χ3n) is 3.55. The van der Waals surface area contributed by atoms with Crippen molar-refractivity contribution in [1.82, 2.24) is 4.98 Å². The Bertz CT molecular complexity index is 676. The lowest BCUT2D eigenvalue weighted by Crippen LogP contribution is -2.06. The molecule has 1 aliphatic carbocycles. The maximum Gasteiger partial charge on any atom is 0.337 e. The van der Waals surface area contributed by atoms with Gasteiger partial charge in [0.05, 0.1) is 17.0 Å². The smallest absolute Gasteiger partial charge is 0.337 e. The highest BCUT2D eigenvalue weighted by Crippen LogP contribution is 2.42. The van der Waals surface area contributed by atoms with Crippen molar-refractivity contribution in [2.24, 2.45) is 0 Å². The number of rotatable bonds is 3. The molecule has 1 aromatic carbocycles. The summed E-state index contributed by atoms with van der Waals surface area (Å²) >= 11 is 3.42. The molecule has 3 nitrogen and oxygen atoms in total. The van der Waals surface area contributed by atoms with Crippen LogP contribution in [0.1, 0.15) is 40.4 Å². The zero-order valence-corrected chi connectivity index (χ0v) is 12.6. The highest BCUT2D eigenvalue weighted by Gasteiger charge is 2.30. The summed E-state index contributed by atoms with van der Waals surface area (Å²) in [5.74, 6) is -0.569. The van der Waals surface area contributed by atoms with Crippen molar-refractivity contribution >= 4 is 21.9 Å². The van der Waals surface area contributed by atoms with Crippen LogP contribution < -0.4 is 0 Å². The molecule has 0 spiro atoms. The van der Waals surface area contributed by atoms with Gasteiger partial charge in [0.25, 0.3) is 0 Å². The predicted octanol–water partition coefficient (Wildman–Crippen LogP) is 4.40. The summed E-state index contributed by atoms with van der Waals surface area (Å²) in [6, 6.07) is 9.68. The van der Waals surface area contributed by atoms with E-state index in [9.17, 15) is 9.90 Å². The van der Waals surface area contributed by atoms with Gasteiger partial charge in [0.1, 0.15) is 0 Å². The average Bonchev–Trinajstić information content (AvgIpc) is 3.24. The first-order valence-electron chi connectivity index (χ1n) is 6.57. The lowest BCUT2D eigenvalue weighted by atomic mass is 10.0. The Kier molecular flexibility index (Phi) is 3.34. The van der Waals surface area contributed by atoms with Crippen molar-refractivity contribution in [3.05, 3.63) is 51.6 Å². The van der Waals surface area contributed by atoms with Gasteiger partial charge in [-0.3, -0.25) is 4.98 Å². The number of benzene rings is 1. The van der Waals surface area contributed by atoms with Crippen molar-refractivity contribution in [2.45, 2.75) is 25.7 Å². The summed E-state index contributed by atoms with van der Waals surface area (Å²) in [7, 11) is 0. The lowest BCUT2D eigenvalue weighted by Gasteiger charge is -2.11. The topological polar surface area (TPSA) is 50.2 Å². The van der Waals surface area contributed by atoms with Gasteiger partial charge in [-0.05, 0) is 43.5 Å². The third-order valence-corrected chi connectivity index (χ3v) is 4.08. The molecule has 1 N–H and O–H groups in total. The van der Waals surface area contributed by atoms with E-state index < -0.39 is 5.97 Å². The molecular formula is C16H14BrNO2. The van der Waals surface area contributed by atoms with Gasteiger partial charge in [0.15, 0.2) is 0 Å². The van der Waals surface area contributed by atoms with E-state index in [0.29, 0.717) is 11.5 Å². The van der Waals surface area contributed by atoms with Crippen molar-refractivity contribution < 1.29 is 9.90 Å². The predicted molar refractivity (Wildman–Crippen MR) is 81.0 cm³/mol. The van der Waals surface area contributed by atoms with Gasteiger partial charge in [-0.15, -0.1) is 0 Å². The molecule has 1 fully saturated rings. The van der Waals surface area contributed by atoms with Crippen LogP contribution >= 0.6 is 15.9 Å². The van der Waals surface area contributed by atoms with E-state index >= 15 is 0 Å². The number of aromatic carboxylic acids is 1. The number of pyridine rings is 1. The number of hydrogen-bond donors (Lipinski definition) is 1. The Morgan fingerprint density at radius 1 is 1.30 bits per heavy atom. The fraction of sp³-hybridized carbons (Fsp3) is 0.250. The number of halogens is 1. The minimum absolute atomic E-state index is 0.316. The second-order valence-corrected chi connectivity index (χ2v) is 6.09. The molecule has 2 aromatic rings. The van der Waals surface area contributed by atoms with Crippen molar-refractivity contribution in [3.8, 4) is 11.3 Å². The van der Waals surface area contributed by atoms with Crippen LogP contribution in [-0.2, 0) is 0 Å². The van der Waals surface area contributed by atoms with Crippen molar-refractivity contribution in [1.29, 1.82) is 0 Å². The minimum Gasteiger partial charge on any atom is -0.478 e. The normalized spacial score (nSPS) is 14.3. The number of aromatic nitrogens is 1. The summed E-state index contributed by atoms with van der Waals surface area (Å²) in [5, 5.41) is 9.32. The first-order chi connectivity index (χ1) is 9.56. The molecule has 3 rings (SSSR count). The molecular weight excluding hydrogens is 318 g/mol. The van der Waals surface area contributed by atoms with Crippen LogP contribution in [0.15, 0.2) is 34.8 Å². The molecule has 0 amide bonds. The summed E-state index contributed by atoms with van der Waals surface area (Å²) in [4.78, 5) is 16.0. The van der Waals surface area contributed by atoms with Gasteiger partial charge in [-0.25, -0.2) is 4.79 Å². The number of carbonyl (C=O) groups is 1. The standard InChI is InChI=1S/C16H14BrNO2/c1-9-8-13(16(19)20)15(11-2-3-11)18-14(9)10-4-6-12(17)7-5-10/h4-8,11H,2-3H2,1H3,(H,19,20). The average molecular weight is 332 g/mol. The van der Waals surface area contributed by atoms with Crippen LogP contribution in [0.5, 0.6) is 0 Å². The molecule has 102 valence electrons. The Morgan fingerprint density at radius 2 is 1.95 bits per heavy atom. The van der Waals surface area contributed by atoms with E-state index in [1.54, 1.807) is 6.07 Å². The molecule has 1 heterocycles. The van der Waals surface area contributed by atoms with E-state index in [-0.39, 0.29) is 0 Å². The van der Waals surface area contributed by atoms with Crippen LogP contribution in [0.2, 0.25) is 0 Å². The van der Waals surface area contributed by atoms with Gasteiger partial charge in [0.2, 0.25) is 0 Å². The molecule has 1 aliphatic rings. The zero-order valence-electron chi connectivity index (χ0n) is 11.1. The molecule has 0 saturated heterocycles. The Hall–Kier alpha value is -1.68. The second-order valence-electron chi connectivity index (χ2n) is 5.17. The molecule has 0 bridgehead atoms. The van der Waals surface area contributed by atoms with E-state index in [4.69, 9.17) is 0 Å². The van der Waals surface area contributed by atoms with Crippen LogP contribution in [0.3, 0.4) is 0 Å². The summed E-state index contributed by atoms with van der Waals surface area (Å²) < 4.78 is 1.02. The maximum atomic E-state index is 11.4. The Morgan fingerprint density at radius 3 is 2.50 bits per heavy atom. The van der Waals surface area contributed by atoms with Crippen LogP contribution in [0.25, 0.3) is 11.3 Å². The lowest BCUT2D eigenvalue weighted by molar-refractivity contribution is 0.0695. The summed E-state index contributed by atoms with van der Waals surface area (Å²) in [5.41, 5.74) is 3.88. The Labute approximate surface area is 125 Å². The van der Waals surface area contributed by atoms with Crippen LogP contribution in [0, 0.1) is 6.92 Å². The Balaban J connectivity index is 2.14. The fourth-order valence-corrected chi connectivity index (χ4v) is 2.63. The number of carboxylic acids is 1. The first kappa shape index (κ1) is 13.3. The van der Waals surface area contributed by atoms with Crippen LogP contribution in [-0.4, -0.2) is 16.1 Å². The SMILES string of the molecule is Cc1cc(C(=O)O)c(C2CC2)nc1-c1ccc(Br)cc1. The molecule has 0 unspecified atom stereocenters. The summed E-state index contributed by atoms with van der Waals surface area (Å²) in [6.07, 6.45) is 2.08. The van der Waals surface area contributed by atoms with E-state index in [2.05, 4.69) is 20.9 Å². The van der Waals surface area contributed by atoms with E-state index in [0.717, 1.165) is 39.8 Å². The largest absolute Gasteiger partial charge is 0.478 e. The quantitative estimate of drug-likeness (QED) is 0.907. The molecule has 0 radical (unpaired) electrons. The van der Waals surface area contributed by atoms with Gasteiger partial charge >= 0.3 is 5.97 Å². The number of hydrogen-bond acceptors (Lipinski definition) is 2. The molecule has 4 heteroatoms. The number of aryl methyl sites for hydroxylation is 1. The van der Waals surface area contributed by atoms with E-state index in [1.165, 1.54) is 0 Å². The van der Waals surface area contributed by atoms with Gasteiger partial charge in [0, 0.05) is 16.0 Å². The van der Waals surface area contributed by atoms with E-state index in [1.807, 2.05) is 31.2 Å². The molecule has 0 aliphatic heterocycles. The van der Waals surface area contributed by atoms with Crippen LogP contribution in [0.4, 0.5) is 0 Å². The van der Waals surface area contributed by atoms with Gasteiger partial charge in [-0.2, -0.15) is 0 Å². The first-order valence-corrected chi connectivity index (χ1v) is 7.36. The maximum absolute atomic E-state index is 11.4. The minimum atomic E-state index is -0.884. The van der Waals surface area contributed by atoms with Gasteiger partial charge in [-0.1, -0.05) is 28.1 Å².